The molecule has 82 valence electrons. The smallest absolute Gasteiger partial charge is 0.125 e. The number of nitrogens with zero attached hydrogens (tertiary/aromatic N) is 2. The maximum atomic E-state index is 5.66. The molecule has 0 amide bonds. The molecule has 1 aromatic heterocycles. The van der Waals surface area contributed by atoms with Gasteiger partial charge in [-0.15, -0.1) is 0 Å². The first-order chi connectivity index (χ1) is 7.29. The molecule has 4 heteroatoms. The van der Waals surface area contributed by atoms with Crippen molar-refractivity contribution in [2.75, 3.05) is 30.3 Å². The Hall–Kier alpha value is -1.29. The van der Waals surface area contributed by atoms with E-state index in [1.54, 1.807) is 6.20 Å². The number of hydrogen-bond acceptors (Lipinski definition) is 4. The molecule has 4 nitrogen and oxygen atoms in total. The van der Waals surface area contributed by atoms with Crippen LogP contribution in [0.2, 0.25) is 0 Å². The van der Waals surface area contributed by atoms with Crippen molar-refractivity contribution in [3.05, 3.63) is 18.3 Å². The zero-order valence-electron chi connectivity index (χ0n) is 8.89. The van der Waals surface area contributed by atoms with Gasteiger partial charge in [0.1, 0.15) is 5.82 Å². The number of hydrogen-bond donors (Lipinski definition) is 2. The third kappa shape index (κ3) is 2.39. The van der Waals surface area contributed by atoms with Crippen molar-refractivity contribution in [2.45, 2.75) is 12.8 Å². The zero-order valence-corrected chi connectivity index (χ0v) is 8.89. The Labute approximate surface area is 90.3 Å². The molecule has 4 N–H and O–H groups in total. The highest BCUT2D eigenvalue weighted by Crippen LogP contribution is 2.23. The van der Waals surface area contributed by atoms with Gasteiger partial charge in [0.15, 0.2) is 0 Å². The predicted molar refractivity (Wildman–Crippen MR) is 62.6 cm³/mol. The topological polar surface area (TPSA) is 68.2 Å². The van der Waals surface area contributed by atoms with E-state index in [0.29, 0.717) is 11.7 Å². The number of anilines is 2. The van der Waals surface area contributed by atoms with Crippen molar-refractivity contribution < 1.29 is 0 Å². The molecular weight excluding hydrogens is 188 g/mol. The van der Waals surface area contributed by atoms with Crippen LogP contribution in [0.4, 0.5) is 11.5 Å². The number of nitrogens with two attached hydrogens (primary N) is 2. The summed E-state index contributed by atoms with van der Waals surface area (Å²) in [6.45, 7) is 2.96. The summed E-state index contributed by atoms with van der Waals surface area (Å²) in [6.07, 6.45) is 4.12. The van der Waals surface area contributed by atoms with Gasteiger partial charge in [-0.2, -0.15) is 0 Å². The number of pyridine rings is 1. The molecule has 1 aliphatic heterocycles. The SMILES string of the molecule is NCC1CCN(c2ccnc(N)c2)CC1. The molecule has 15 heavy (non-hydrogen) atoms. The zero-order chi connectivity index (χ0) is 10.7. The molecular formula is C11H18N4. The molecule has 0 radical (unpaired) electrons. The van der Waals surface area contributed by atoms with Gasteiger partial charge < -0.3 is 16.4 Å². The summed E-state index contributed by atoms with van der Waals surface area (Å²) < 4.78 is 0. The molecule has 0 unspecified atom stereocenters. The fraction of sp³-hybridized carbons (Fsp3) is 0.545. The van der Waals surface area contributed by atoms with Gasteiger partial charge in [0, 0.05) is 31.0 Å². The fourth-order valence-corrected chi connectivity index (χ4v) is 2.06. The molecule has 2 heterocycles. The fourth-order valence-electron chi connectivity index (χ4n) is 2.06. The summed E-state index contributed by atoms with van der Waals surface area (Å²) in [7, 11) is 0. The van der Waals surface area contributed by atoms with Gasteiger partial charge in [0.05, 0.1) is 0 Å². The van der Waals surface area contributed by atoms with Crippen LogP contribution in [0.1, 0.15) is 12.8 Å². The van der Waals surface area contributed by atoms with E-state index in [2.05, 4.69) is 9.88 Å². The molecule has 1 aliphatic rings. The molecule has 1 fully saturated rings. The second kappa shape index (κ2) is 4.49. The second-order valence-corrected chi connectivity index (χ2v) is 4.11. The second-order valence-electron chi connectivity index (χ2n) is 4.11. The van der Waals surface area contributed by atoms with Gasteiger partial charge in [0.25, 0.3) is 0 Å². The maximum absolute atomic E-state index is 5.66. The van der Waals surface area contributed by atoms with Crippen LogP contribution in [-0.2, 0) is 0 Å². The number of nitrogen functional groups attached to an aromatic ring is 1. The first kappa shape index (κ1) is 10.2. The number of rotatable bonds is 2. The average molecular weight is 206 g/mol. The minimum Gasteiger partial charge on any atom is -0.384 e. The average Bonchev–Trinajstić information content (AvgIpc) is 2.29. The Morgan fingerprint density at radius 2 is 2.13 bits per heavy atom. The lowest BCUT2D eigenvalue weighted by Crippen LogP contribution is -2.36. The molecule has 2 rings (SSSR count). The molecule has 0 saturated carbocycles. The van der Waals surface area contributed by atoms with E-state index in [-0.39, 0.29) is 0 Å². The van der Waals surface area contributed by atoms with Crippen LogP contribution in [-0.4, -0.2) is 24.6 Å². The summed E-state index contributed by atoms with van der Waals surface area (Å²) in [4.78, 5) is 6.35. The minimum absolute atomic E-state index is 0.591. The standard InChI is InChI=1S/C11H18N4/c12-8-9-2-5-15(6-3-9)10-1-4-14-11(13)7-10/h1,4,7,9H,2-3,5-6,8,12H2,(H2,13,14). The Balaban J connectivity index is 2.01. The van der Waals surface area contributed by atoms with Gasteiger partial charge in [0.2, 0.25) is 0 Å². The van der Waals surface area contributed by atoms with Crippen LogP contribution in [0.25, 0.3) is 0 Å². The largest absolute Gasteiger partial charge is 0.384 e. The first-order valence-corrected chi connectivity index (χ1v) is 5.46. The number of piperidine rings is 1. The van der Waals surface area contributed by atoms with Crippen molar-refractivity contribution in [3.8, 4) is 0 Å². The lowest BCUT2D eigenvalue weighted by Gasteiger charge is -2.33. The summed E-state index contributed by atoms with van der Waals surface area (Å²) >= 11 is 0. The van der Waals surface area contributed by atoms with Gasteiger partial charge in [-0.1, -0.05) is 0 Å². The monoisotopic (exact) mass is 206 g/mol. The van der Waals surface area contributed by atoms with E-state index < -0.39 is 0 Å². The molecule has 0 aromatic carbocycles. The summed E-state index contributed by atoms with van der Waals surface area (Å²) in [5.41, 5.74) is 12.5. The third-order valence-electron chi connectivity index (χ3n) is 3.08. The van der Waals surface area contributed by atoms with Crippen molar-refractivity contribution in [1.29, 1.82) is 0 Å². The molecule has 1 aromatic rings. The summed E-state index contributed by atoms with van der Waals surface area (Å²) in [5.74, 6) is 1.29. The van der Waals surface area contributed by atoms with Gasteiger partial charge >= 0.3 is 0 Å². The van der Waals surface area contributed by atoms with Crippen LogP contribution in [0.3, 0.4) is 0 Å². The Morgan fingerprint density at radius 1 is 1.40 bits per heavy atom. The quantitative estimate of drug-likeness (QED) is 0.752. The first-order valence-electron chi connectivity index (χ1n) is 5.46. The van der Waals surface area contributed by atoms with E-state index in [1.165, 1.54) is 18.5 Å². The van der Waals surface area contributed by atoms with Crippen molar-refractivity contribution >= 4 is 11.5 Å². The van der Waals surface area contributed by atoms with E-state index in [0.717, 1.165) is 19.6 Å². The van der Waals surface area contributed by atoms with Crippen molar-refractivity contribution in [1.82, 2.24) is 4.98 Å². The highest BCUT2D eigenvalue weighted by Gasteiger charge is 2.18. The maximum Gasteiger partial charge on any atom is 0.125 e. The van der Waals surface area contributed by atoms with Crippen molar-refractivity contribution in [2.24, 2.45) is 11.7 Å². The highest BCUT2D eigenvalue weighted by molar-refractivity contribution is 5.52. The van der Waals surface area contributed by atoms with E-state index >= 15 is 0 Å². The van der Waals surface area contributed by atoms with Crippen LogP contribution in [0.15, 0.2) is 18.3 Å². The van der Waals surface area contributed by atoms with Gasteiger partial charge in [-0.3, -0.25) is 0 Å². The van der Waals surface area contributed by atoms with Crippen LogP contribution < -0.4 is 16.4 Å². The molecule has 0 aliphatic carbocycles. The molecule has 0 spiro atoms. The normalized spacial score (nSPS) is 18.1. The Morgan fingerprint density at radius 3 is 2.73 bits per heavy atom. The van der Waals surface area contributed by atoms with E-state index in [4.69, 9.17) is 11.5 Å². The lowest BCUT2D eigenvalue weighted by molar-refractivity contribution is 0.414. The Bertz CT molecular complexity index is 318. The predicted octanol–water partition coefficient (Wildman–Crippen LogP) is 0.839. The minimum atomic E-state index is 0.591. The molecule has 0 bridgehead atoms. The van der Waals surface area contributed by atoms with E-state index in [9.17, 15) is 0 Å². The highest BCUT2D eigenvalue weighted by atomic mass is 15.1. The van der Waals surface area contributed by atoms with Crippen LogP contribution in [0, 0.1) is 5.92 Å². The lowest BCUT2D eigenvalue weighted by atomic mass is 9.97. The van der Waals surface area contributed by atoms with Gasteiger partial charge in [-0.05, 0) is 31.4 Å². The number of aromatic nitrogens is 1. The van der Waals surface area contributed by atoms with Crippen LogP contribution in [0.5, 0.6) is 0 Å². The summed E-state index contributed by atoms with van der Waals surface area (Å²) in [6, 6.07) is 3.95. The van der Waals surface area contributed by atoms with Gasteiger partial charge in [-0.25, -0.2) is 4.98 Å². The Kier molecular flexibility index (Phi) is 3.06. The third-order valence-corrected chi connectivity index (χ3v) is 3.08. The van der Waals surface area contributed by atoms with Crippen LogP contribution >= 0.6 is 0 Å². The van der Waals surface area contributed by atoms with E-state index in [1.807, 2.05) is 12.1 Å². The molecule has 0 atom stereocenters. The molecule has 1 saturated heterocycles. The summed E-state index contributed by atoms with van der Waals surface area (Å²) in [5, 5.41) is 0. The van der Waals surface area contributed by atoms with Crippen molar-refractivity contribution in [3.63, 3.8) is 0 Å².